The van der Waals surface area contributed by atoms with Crippen molar-refractivity contribution >= 4 is 10.9 Å². The molecular weight excluding hydrogens is 246 g/mol. The largest absolute Gasteiger partial charge is 0.314 e. The number of rotatable bonds is 3. The molecule has 1 atom stereocenters. The summed E-state index contributed by atoms with van der Waals surface area (Å²) in [5.41, 5.74) is 2.62. The molecule has 1 aromatic heterocycles. The summed E-state index contributed by atoms with van der Waals surface area (Å²) in [6.45, 7) is 4.56. The van der Waals surface area contributed by atoms with E-state index in [2.05, 4.69) is 45.5 Å². The van der Waals surface area contributed by atoms with Crippen LogP contribution < -0.4 is 5.32 Å². The molecule has 1 aliphatic carbocycles. The Labute approximate surface area is 120 Å². The third-order valence-corrected chi connectivity index (χ3v) is 4.61. The van der Waals surface area contributed by atoms with Gasteiger partial charge in [-0.25, -0.2) is 0 Å². The van der Waals surface area contributed by atoms with Crippen LogP contribution >= 0.6 is 0 Å². The molecule has 1 N–H and O–H groups in total. The van der Waals surface area contributed by atoms with E-state index in [0.29, 0.717) is 6.04 Å². The summed E-state index contributed by atoms with van der Waals surface area (Å²) in [5.74, 6) is 0.846. The van der Waals surface area contributed by atoms with Gasteiger partial charge < -0.3 is 5.32 Å². The maximum absolute atomic E-state index is 4.52. The minimum absolute atomic E-state index is 0.588. The van der Waals surface area contributed by atoms with Gasteiger partial charge in [0.1, 0.15) is 0 Å². The fourth-order valence-electron chi connectivity index (χ4n) is 3.50. The van der Waals surface area contributed by atoms with Crippen LogP contribution in [0.4, 0.5) is 0 Å². The Hall–Kier alpha value is -1.45. The fourth-order valence-corrected chi connectivity index (χ4v) is 3.50. The minimum Gasteiger partial charge on any atom is -0.314 e. The lowest BCUT2D eigenvalue weighted by Gasteiger charge is -2.36. The first-order chi connectivity index (χ1) is 9.93. The zero-order valence-electron chi connectivity index (χ0n) is 11.8. The predicted octanol–water partition coefficient (Wildman–Crippen LogP) is 2.59. The molecular formula is C17H21N3. The number of piperazine rings is 1. The average molecular weight is 267 g/mol. The van der Waals surface area contributed by atoms with Gasteiger partial charge in [-0.2, -0.15) is 0 Å². The topological polar surface area (TPSA) is 28.2 Å². The Bertz CT molecular complexity index is 595. The molecule has 2 aliphatic rings. The third-order valence-electron chi connectivity index (χ3n) is 4.61. The van der Waals surface area contributed by atoms with Crippen LogP contribution in [-0.2, 0) is 0 Å². The summed E-state index contributed by atoms with van der Waals surface area (Å²) in [6.07, 6.45) is 4.74. The van der Waals surface area contributed by atoms with E-state index in [1.165, 1.54) is 23.8 Å². The van der Waals surface area contributed by atoms with Gasteiger partial charge in [0.15, 0.2) is 0 Å². The number of aromatic nitrogens is 1. The first kappa shape index (κ1) is 12.3. The average Bonchev–Trinajstić information content (AvgIpc) is 3.34. The number of pyridine rings is 1. The molecule has 1 aromatic carbocycles. The first-order valence-electron chi connectivity index (χ1n) is 7.72. The molecule has 1 saturated carbocycles. The molecule has 2 aromatic rings. The van der Waals surface area contributed by atoms with E-state index in [1.54, 1.807) is 0 Å². The maximum Gasteiger partial charge on any atom is 0.0705 e. The van der Waals surface area contributed by atoms with Gasteiger partial charge in [-0.3, -0.25) is 9.88 Å². The van der Waals surface area contributed by atoms with Crippen LogP contribution in [0.25, 0.3) is 10.9 Å². The van der Waals surface area contributed by atoms with Crippen molar-refractivity contribution in [1.29, 1.82) is 0 Å². The molecule has 0 bridgehead atoms. The van der Waals surface area contributed by atoms with Crippen molar-refractivity contribution in [2.24, 2.45) is 5.92 Å². The van der Waals surface area contributed by atoms with E-state index in [-0.39, 0.29) is 0 Å². The van der Waals surface area contributed by atoms with Crippen LogP contribution in [0.15, 0.2) is 36.5 Å². The fraction of sp³-hybridized carbons (Fsp3) is 0.471. The standard InChI is InChI=1S/C17H21N3/c1-2-4-16-14(3-1)15(7-8-19-16)17(13-5-6-13)20-11-9-18-10-12-20/h1-4,7-8,13,17-18H,5-6,9-12H2/t17-/m0/s1. The molecule has 0 radical (unpaired) electrons. The van der Waals surface area contributed by atoms with Crippen molar-refractivity contribution in [1.82, 2.24) is 15.2 Å². The quantitative estimate of drug-likeness (QED) is 0.926. The number of hydrogen-bond acceptors (Lipinski definition) is 3. The van der Waals surface area contributed by atoms with Crippen LogP contribution in [0.5, 0.6) is 0 Å². The first-order valence-corrected chi connectivity index (χ1v) is 7.72. The van der Waals surface area contributed by atoms with Gasteiger partial charge >= 0.3 is 0 Å². The highest BCUT2D eigenvalue weighted by atomic mass is 15.2. The van der Waals surface area contributed by atoms with Crippen molar-refractivity contribution in [3.63, 3.8) is 0 Å². The Kier molecular flexibility index (Phi) is 3.17. The van der Waals surface area contributed by atoms with Crippen LogP contribution in [-0.4, -0.2) is 36.1 Å². The molecule has 4 rings (SSSR count). The summed E-state index contributed by atoms with van der Waals surface area (Å²) in [7, 11) is 0. The van der Waals surface area contributed by atoms with E-state index in [9.17, 15) is 0 Å². The third kappa shape index (κ3) is 2.21. The lowest BCUT2D eigenvalue weighted by atomic mass is 9.96. The molecule has 20 heavy (non-hydrogen) atoms. The Morgan fingerprint density at radius 1 is 1.10 bits per heavy atom. The molecule has 0 amide bonds. The summed E-state index contributed by atoms with van der Waals surface area (Å²) < 4.78 is 0. The Morgan fingerprint density at radius 3 is 2.70 bits per heavy atom. The normalized spacial score (nSPS) is 22.0. The monoisotopic (exact) mass is 267 g/mol. The van der Waals surface area contributed by atoms with E-state index in [1.807, 2.05) is 6.20 Å². The molecule has 104 valence electrons. The molecule has 3 heteroatoms. The van der Waals surface area contributed by atoms with Gasteiger partial charge in [-0.15, -0.1) is 0 Å². The number of nitrogens with zero attached hydrogens (tertiary/aromatic N) is 2. The number of fused-ring (bicyclic) bond motifs is 1. The van der Waals surface area contributed by atoms with Crippen LogP contribution in [0.3, 0.4) is 0 Å². The van der Waals surface area contributed by atoms with E-state index in [0.717, 1.165) is 37.6 Å². The van der Waals surface area contributed by atoms with E-state index in [4.69, 9.17) is 0 Å². The molecule has 2 heterocycles. The number of hydrogen-bond donors (Lipinski definition) is 1. The van der Waals surface area contributed by atoms with Gasteiger partial charge in [0, 0.05) is 43.8 Å². The summed E-state index contributed by atoms with van der Waals surface area (Å²) in [4.78, 5) is 7.19. The molecule has 3 nitrogen and oxygen atoms in total. The lowest BCUT2D eigenvalue weighted by Crippen LogP contribution is -2.45. The van der Waals surface area contributed by atoms with Crippen molar-refractivity contribution in [3.05, 3.63) is 42.1 Å². The molecule has 1 saturated heterocycles. The van der Waals surface area contributed by atoms with Gasteiger partial charge in [-0.05, 0) is 36.5 Å². The van der Waals surface area contributed by atoms with Crippen molar-refractivity contribution in [2.45, 2.75) is 18.9 Å². The number of para-hydroxylation sites is 1. The summed E-state index contributed by atoms with van der Waals surface area (Å²) in [6, 6.07) is 11.4. The van der Waals surface area contributed by atoms with Gasteiger partial charge in [0.2, 0.25) is 0 Å². The Morgan fingerprint density at radius 2 is 1.90 bits per heavy atom. The second-order valence-corrected chi connectivity index (χ2v) is 5.99. The van der Waals surface area contributed by atoms with E-state index < -0.39 is 0 Å². The van der Waals surface area contributed by atoms with Gasteiger partial charge in [0.25, 0.3) is 0 Å². The molecule has 0 unspecified atom stereocenters. The van der Waals surface area contributed by atoms with Crippen LogP contribution in [0.2, 0.25) is 0 Å². The highest BCUT2D eigenvalue weighted by Crippen LogP contribution is 2.46. The molecule has 0 spiro atoms. The van der Waals surface area contributed by atoms with Crippen molar-refractivity contribution in [2.75, 3.05) is 26.2 Å². The Balaban J connectivity index is 1.77. The molecule has 1 aliphatic heterocycles. The highest BCUT2D eigenvalue weighted by Gasteiger charge is 2.37. The van der Waals surface area contributed by atoms with E-state index >= 15 is 0 Å². The predicted molar refractivity (Wildman–Crippen MR) is 81.7 cm³/mol. The zero-order chi connectivity index (χ0) is 13.4. The maximum atomic E-state index is 4.52. The smallest absolute Gasteiger partial charge is 0.0705 e. The summed E-state index contributed by atoms with van der Waals surface area (Å²) in [5, 5.41) is 4.80. The van der Waals surface area contributed by atoms with Crippen molar-refractivity contribution in [3.8, 4) is 0 Å². The number of benzene rings is 1. The SMILES string of the molecule is c1ccc2c([C@H](C3CC3)N3CCNCC3)ccnc2c1. The molecule has 2 fully saturated rings. The van der Waals surface area contributed by atoms with Crippen LogP contribution in [0.1, 0.15) is 24.4 Å². The lowest BCUT2D eigenvalue weighted by molar-refractivity contribution is 0.157. The highest BCUT2D eigenvalue weighted by molar-refractivity contribution is 5.82. The summed E-state index contributed by atoms with van der Waals surface area (Å²) >= 11 is 0. The number of nitrogens with one attached hydrogen (secondary N) is 1. The second kappa shape index (κ2) is 5.15. The van der Waals surface area contributed by atoms with Gasteiger partial charge in [-0.1, -0.05) is 18.2 Å². The van der Waals surface area contributed by atoms with Crippen LogP contribution in [0, 0.1) is 5.92 Å². The van der Waals surface area contributed by atoms with Gasteiger partial charge in [0.05, 0.1) is 5.52 Å². The zero-order valence-corrected chi connectivity index (χ0v) is 11.8. The minimum atomic E-state index is 0.588. The van der Waals surface area contributed by atoms with Crippen molar-refractivity contribution < 1.29 is 0 Å². The second-order valence-electron chi connectivity index (χ2n) is 5.99.